The number of carbonyl (C=O) groups is 2. The molecule has 0 spiro atoms. The number of unbranched alkanes of at least 4 members (excludes halogenated alkanes) is 10. The predicted octanol–water partition coefficient (Wildman–Crippen LogP) is 4.10. The van der Waals surface area contributed by atoms with Gasteiger partial charge in [0.15, 0.2) is 0 Å². The fraction of sp³-hybridized carbons (Fsp3) is 0.882. The summed E-state index contributed by atoms with van der Waals surface area (Å²) in [7, 11) is 0. The minimum atomic E-state index is -0.730. The Morgan fingerprint density at radius 3 is 1.71 bits per heavy atom. The van der Waals surface area contributed by atoms with E-state index in [4.69, 9.17) is 5.73 Å². The topological polar surface area (TPSA) is 69.4 Å². The van der Waals surface area contributed by atoms with Crippen LogP contribution >= 0.6 is 0 Å². The maximum absolute atomic E-state index is 11.3. The maximum Gasteiger partial charge on any atom is 0.330 e. The van der Waals surface area contributed by atoms with Crippen molar-refractivity contribution in [3.63, 3.8) is 0 Å². The number of esters is 2. The first kappa shape index (κ1) is 20.1. The molecule has 1 atom stereocenters. The van der Waals surface area contributed by atoms with Gasteiger partial charge in [-0.2, -0.15) is 0 Å². The van der Waals surface area contributed by atoms with Crippen molar-refractivity contribution in [3.05, 3.63) is 0 Å². The monoisotopic (exact) mass is 299 g/mol. The zero-order chi connectivity index (χ0) is 15.9. The van der Waals surface area contributed by atoms with Crippen LogP contribution < -0.4 is 5.73 Å². The number of carbonyl (C=O) groups excluding carboxylic acids is 2. The van der Waals surface area contributed by atoms with Crippen molar-refractivity contribution >= 4 is 11.9 Å². The molecule has 0 fully saturated rings. The molecule has 0 radical (unpaired) electrons. The quantitative estimate of drug-likeness (QED) is 0.316. The lowest BCUT2D eigenvalue weighted by Gasteiger charge is -2.05. The average molecular weight is 299 g/mol. The van der Waals surface area contributed by atoms with E-state index in [1.165, 1.54) is 58.3 Å². The number of nitrogens with two attached hydrogens (primary N) is 1. The summed E-state index contributed by atoms with van der Waals surface area (Å²) in [5.74, 6) is -1.09. The molecule has 0 saturated heterocycles. The summed E-state index contributed by atoms with van der Waals surface area (Å²) in [6.45, 7) is 3.75. The van der Waals surface area contributed by atoms with Crippen LogP contribution in [0.4, 0.5) is 0 Å². The Hall–Kier alpha value is -0.900. The molecule has 21 heavy (non-hydrogen) atoms. The molecular formula is C17H33NO3. The van der Waals surface area contributed by atoms with Crippen LogP contribution in [0, 0.1) is 0 Å². The van der Waals surface area contributed by atoms with Crippen molar-refractivity contribution in [2.45, 2.75) is 96.9 Å². The van der Waals surface area contributed by atoms with Crippen LogP contribution in [0.1, 0.15) is 90.9 Å². The van der Waals surface area contributed by atoms with Crippen LogP contribution in [0.15, 0.2) is 0 Å². The largest absolute Gasteiger partial charge is 0.392 e. The van der Waals surface area contributed by atoms with Crippen molar-refractivity contribution in [1.82, 2.24) is 0 Å². The molecule has 0 aromatic rings. The van der Waals surface area contributed by atoms with Gasteiger partial charge >= 0.3 is 11.9 Å². The Morgan fingerprint density at radius 2 is 1.29 bits per heavy atom. The van der Waals surface area contributed by atoms with Crippen LogP contribution in [0.5, 0.6) is 0 Å². The molecule has 0 heterocycles. The van der Waals surface area contributed by atoms with Gasteiger partial charge in [0.25, 0.3) is 0 Å². The van der Waals surface area contributed by atoms with Gasteiger partial charge < -0.3 is 10.5 Å². The normalized spacial score (nSPS) is 12.1. The van der Waals surface area contributed by atoms with E-state index in [9.17, 15) is 9.59 Å². The summed E-state index contributed by atoms with van der Waals surface area (Å²) in [5.41, 5.74) is 5.32. The van der Waals surface area contributed by atoms with Gasteiger partial charge in [-0.25, -0.2) is 4.79 Å². The minimum Gasteiger partial charge on any atom is -0.392 e. The lowest BCUT2D eigenvalue weighted by atomic mass is 10.1. The molecule has 0 aliphatic carbocycles. The highest BCUT2D eigenvalue weighted by molar-refractivity contribution is 5.87. The third-order valence-corrected chi connectivity index (χ3v) is 3.57. The van der Waals surface area contributed by atoms with Gasteiger partial charge in [0.2, 0.25) is 0 Å². The number of rotatable bonds is 13. The Labute approximate surface area is 129 Å². The summed E-state index contributed by atoms with van der Waals surface area (Å²) in [6.07, 6.45) is 13.9. The molecule has 0 aliphatic heterocycles. The molecule has 0 bridgehead atoms. The standard InChI is InChI=1S/C17H33NO3/c1-3-4-5-6-7-8-9-10-11-12-13-14-16(19)21-17(20)15(2)18/h15H,3-14,18H2,1-2H3/t15-/m0/s1. The Balaban J connectivity index is 3.25. The SMILES string of the molecule is CCCCCCCCCCCCCC(=O)OC(=O)[C@H](C)N. The van der Waals surface area contributed by atoms with E-state index < -0.39 is 18.0 Å². The summed E-state index contributed by atoms with van der Waals surface area (Å²) in [6, 6.07) is -0.730. The average Bonchev–Trinajstić information content (AvgIpc) is 2.44. The number of ether oxygens (including phenoxy) is 1. The molecule has 4 heteroatoms. The second kappa shape index (κ2) is 14.1. The van der Waals surface area contributed by atoms with Gasteiger partial charge in [0.1, 0.15) is 6.04 Å². The lowest BCUT2D eigenvalue weighted by Crippen LogP contribution is -2.30. The molecule has 0 aromatic carbocycles. The van der Waals surface area contributed by atoms with Crippen molar-refractivity contribution in [1.29, 1.82) is 0 Å². The molecule has 0 saturated carbocycles. The molecule has 0 amide bonds. The first-order chi connectivity index (χ1) is 10.1. The summed E-state index contributed by atoms with van der Waals surface area (Å²) in [4.78, 5) is 22.4. The molecule has 0 rings (SSSR count). The third-order valence-electron chi connectivity index (χ3n) is 3.57. The second-order valence-electron chi connectivity index (χ2n) is 5.87. The highest BCUT2D eigenvalue weighted by atomic mass is 16.6. The zero-order valence-electron chi connectivity index (χ0n) is 13.9. The van der Waals surface area contributed by atoms with E-state index in [-0.39, 0.29) is 0 Å². The smallest absolute Gasteiger partial charge is 0.330 e. The van der Waals surface area contributed by atoms with Gasteiger partial charge in [-0.05, 0) is 13.3 Å². The van der Waals surface area contributed by atoms with E-state index in [0.717, 1.165) is 19.3 Å². The van der Waals surface area contributed by atoms with Crippen molar-refractivity contribution in [3.8, 4) is 0 Å². The Kier molecular flexibility index (Phi) is 13.5. The van der Waals surface area contributed by atoms with E-state index in [1.807, 2.05) is 0 Å². The van der Waals surface area contributed by atoms with E-state index in [2.05, 4.69) is 11.7 Å². The molecule has 2 N–H and O–H groups in total. The van der Waals surface area contributed by atoms with Gasteiger partial charge in [0.05, 0.1) is 0 Å². The molecular weight excluding hydrogens is 266 g/mol. The second-order valence-corrected chi connectivity index (χ2v) is 5.87. The van der Waals surface area contributed by atoms with E-state index >= 15 is 0 Å². The number of hydrogen-bond donors (Lipinski definition) is 1. The fourth-order valence-corrected chi connectivity index (χ4v) is 2.19. The van der Waals surface area contributed by atoms with E-state index in [0.29, 0.717) is 6.42 Å². The van der Waals surface area contributed by atoms with E-state index in [1.54, 1.807) is 0 Å². The van der Waals surface area contributed by atoms with Gasteiger partial charge in [0, 0.05) is 6.42 Å². The zero-order valence-corrected chi connectivity index (χ0v) is 13.9. The molecule has 0 aromatic heterocycles. The highest BCUT2D eigenvalue weighted by Gasteiger charge is 2.13. The maximum atomic E-state index is 11.3. The van der Waals surface area contributed by atoms with Gasteiger partial charge in [-0.15, -0.1) is 0 Å². The Morgan fingerprint density at radius 1 is 0.857 bits per heavy atom. The molecule has 0 aliphatic rings. The van der Waals surface area contributed by atoms with Crippen LogP contribution in [0.25, 0.3) is 0 Å². The van der Waals surface area contributed by atoms with Crippen LogP contribution in [0.3, 0.4) is 0 Å². The van der Waals surface area contributed by atoms with Gasteiger partial charge in [-0.3, -0.25) is 4.79 Å². The predicted molar refractivity (Wildman–Crippen MR) is 85.8 cm³/mol. The summed E-state index contributed by atoms with van der Waals surface area (Å²) in [5, 5.41) is 0. The van der Waals surface area contributed by atoms with Crippen molar-refractivity contribution in [2.24, 2.45) is 5.73 Å². The van der Waals surface area contributed by atoms with Crippen molar-refractivity contribution in [2.75, 3.05) is 0 Å². The first-order valence-corrected chi connectivity index (χ1v) is 8.58. The fourth-order valence-electron chi connectivity index (χ4n) is 2.19. The molecule has 0 unspecified atom stereocenters. The van der Waals surface area contributed by atoms with Crippen LogP contribution in [-0.4, -0.2) is 18.0 Å². The first-order valence-electron chi connectivity index (χ1n) is 8.58. The molecule has 124 valence electrons. The van der Waals surface area contributed by atoms with Crippen LogP contribution in [-0.2, 0) is 14.3 Å². The third kappa shape index (κ3) is 13.8. The lowest BCUT2D eigenvalue weighted by molar-refractivity contribution is -0.160. The highest BCUT2D eigenvalue weighted by Crippen LogP contribution is 2.12. The molecule has 4 nitrogen and oxygen atoms in total. The van der Waals surface area contributed by atoms with Gasteiger partial charge in [-0.1, -0.05) is 71.1 Å². The van der Waals surface area contributed by atoms with Crippen molar-refractivity contribution < 1.29 is 14.3 Å². The Bertz CT molecular complexity index is 277. The number of hydrogen-bond acceptors (Lipinski definition) is 4. The summed E-state index contributed by atoms with van der Waals surface area (Å²) < 4.78 is 4.60. The van der Waals surface area contributed by atoms with Crippen LogP contribution in [0.2, 0.25) is 0 Å². The minimum absolute atomic E-state index is 0.315. The summed E-state index contributed by atoms with van der Waals surface area (Å²) >= 11 is 0.